The maximum atomic E-state index is 8.27. The minimum Gasteiger partial charge on any atom is -0.260 e. The van der Waals surface area contributed by atoms with Gasteiger partial charge in [-0.25, -0.2) is 4.57 Å². The molecule has 4 fully saturated rings. The lowest BCUT2D eigenvalue weighted by Gasteiger charge is -2.25. The Morgan fingerprint density at radius 2 is 0.589 bits per heavy atom. The Morgan fingerprint density at radius 3 is 0.960 bits per heavy atom. The highest BCUT2D eigenvalue weighted by Gasteiger charge is 2.51. The van der Waals surface area contributed by atoms with E-state index in [-0.39, 0.29) is 27.4 Å². The van der Waals surface area contributed by atoms with Gasteiger partial charge in [0.15, 0.2) is 6.20 Å². The molecule has 0 amide bonds. The molecule has 10 nitrogen and oxygen atoms in total. The van der Waals surface area contributed by atoms with Crippen LogP contribution in [0.25, 0.3) is 112 Å². The summed E-state index contributed by atoms with van der Waals surface area (Å²) in [7, 11) is 1.95. The lowest BCUT2D eigenvalue weighted by molar-refractivity contribution is -0.660. The van der Waals surface area contributed by atoms with Crippen LogP contribution in [-0.4, -0.2) is 44.9 Å². The Bertz CT molecular complexity index is 6810. The summed E-state index contributed by atoms with van der Waals surface area (Å²) in [5.74, 6) is 0. The summed E-state index contributed by atoms with van der Waals surface area (Å²) >= 11 is 0. The molecule has 10 aromatic heterocycles. The van der Waals surface area contributed by atoms with Crippen LogP contribution in [-0.2, 0) is 40.5 Å². The molecular weight excluding hydrogens is 1510 g/mol. The first-order chi connectivity index (χ1) is 62.8. The molecule has 9 aliphatic rings. The third-order valence-corrected chi connectivity index (χ3v) is 29.2. The van der Waals surface area contributed by atoms with Crippen molar-refractivity contribution in [2.75, 3.05) is 0 Å². The standard InChI is InChI=1S/C24H24N2.2C23H22N2.C22H20N2.C22H23N2/c1-3-17-8-12-25-22(14-17)19-15-20-18-7-6-11-26-23(18)24(9-4-5-10-24)21(20)13-16(19)2;2*1-15-7-11-24-21(12-15)18-14-19-17-6-5-10-25-22(17)23(8-3-4-9-23)20(19)13-16(18)2;1-15-13-19-18(14-17(15)20-8-2-5-11-23-20)16-7-6-12-24-21(16)22(19)9-3-4-10-22;1-14-8-10-24(5)20(11-14)17-13-18-16-7-6-9-23-21(16)22(3,4)19(18)12-15(17)2/h6-8,11-15H,3-5,9-10H2,1-2H3;2*5-7,10-14H,3-4,8-9H2,1-2H3;2,5-8,11-14H,3-4,9-10H2,1H3;6-13H,1-5H3/q;;;;+1/i;;;;3D3,4D3. The van der Waals surface area contributed by atoms with Gasteiger partial charge in [-0.05, 0) is 328 Å². The van der Waals surface area contributed by atoms with Crippen LogP contribution in [0.3, 0.4) is 0 Å². The molecule has 0 aliphatic heterocycles. The SMILES string of the molecule is CCc1ccnc(-c2cc3c(cc2C)C2(CCCC2)c2ncccc2-3)c1.Cc1cc2c(cc1-c1ccccn1)-c1cccnc1C21CCCC1.Cc1ccnc(-c2cc3c(cc2C)C2(CCCC2)c2ncccc2-3)c1.Cc1ccnc(-c2cc3c(cc2C)C2(CCCC2)c2ncccc2-3)c1.[2H]C([2H])([2H])C1(C([2H])([2H])[2H])c2cc(C)c(-c3cc(C)cc[n+]3C)cc2-c2cccnc21. The quantitative estimate of drug-likeness (QED) is 0.150. The van der Waals surface area contributed by atoms with Crippen LogP contribution in [0.2, 0.25) is 0 Å². The van der Waals surface area contributed by atoms with Gasteiger partial charge in [-0.2, -0.15) is 0 Å². The first-order valence-corrected chi connectivity index (χ1v) is 45.0. The van der Waals surface area contributed by atoms with E-state index in [1.807, 2.05) is 99.4 Å². The number of aryl methyl sites for hydroxylation is 10. The minimum atomic E-state index is -2.80. The van der Waals surface area contributed by atoms with Gasteiger partial charge in [0, 0.05) is 159 Å². The van der Waals surface area contributed by atoms with E-state index in [0.29, 0.717) is 16.7 Å². The maximum absolute atomic E-state index is 8.27. The van der Waals surface area contributed by atoms with E-state index in [4.69, 9.17) is 28.2 Å². The van der Waals surface area contributed by atoms with Gasteiger partial charge in [-0.3, -0.25) is 44.9 Å². The van der Waals surface area contributed by atoms with E-state index < -0.39 is 19.1 Å². The first-order valence-electron chi connectivity index (χ1n) is 48.0. The number of benzene rings is 5. The molecular formula is C114H111N10+. The molecule has 4 spiro atoms. The van der Waals surface area contributed by atoms with Crippen LogP contribution in [0.4, 0.5) is 0 Å². The normalized spacial score (nSPS) is 17.3. The van der Waals surface area contributed by atoms with Crippen LogP contribution >= 0.6 is 0 Å². The van der Waals surface area contributed by atoms with Crippen LogP contribution in [0.1, 0.15) is 238 Å². The van der Waals surface area contributed by atoms with E-state index in [1.165, 1.54) is 260 Å². The molecule has 0 radical (unpaired) electrons. The maximum Gasteiger partial charge on any atom is 0.212 e. The van der Waals surface area contributed by atoms with Crippen LogP contribution in [0, 0.1) is 55.4 Å². The summed E-state index contributed by atoms with van der Waals surface area (Å²) in [6, 6.07) is 66.5. The highest BCUT2D eigenvalue weighted by atomic mass is 14.9. The number of hydrogen-bond acceptors (Lipinski definition) is 9. The number of nitrogens with zero attached hydrogens (tertiary/aromatic N) is 10. The predicted octanol–water partition coefficient (Wildman–Crippen LogP) is 26.8. The molecule has 10 heterocycles. The molecule has 24 rings (SSSR count). The predicted molar refractivity (Wildman–Crippen MR) is 504 cm³/mol. The lowest BCUT2D eigenvalue weighted by atomic mass is 9.78. The summed E-state index contributed by atoms with van der Waals surface area (Å²) in [5, 5.41) is 0. The van der Waals surface area contributed by atoms with Gasteiger partial charge in [0.2, 0.25) is 5.69 Å². The molecule has 0 atom stereocenters. The molecule has 4 saturated carbocycles. The Morgan fingerprint density at radius 1 is 0.274 bits per heavy atom. The fourth-order valence-corrected chi connectivity index (χ4v) is 23.1. The van der Waals surface area contributed by atoms with Crippen molar-refractivity contribution in [2.24, 2.45) is 7.05 Å². The third-order valence-electron chi connectivity index (χ3n) is 29.2. The molecule has 0 N–H and O–H groups in total. The summed E-state index contributed by atoms with van der Waals surface area (Å²) in [6.07, 6.45) is 40.2. The second-order valence-electron chi connectivity index (χ2n) is 36.7. The summed E-state index contributed by atoms with van der Waals surface area (Å²) in [4.78, 5) is 42.1. The molecule has 0 saturated heterocycles. The lowest BCUT2D eigenvalue weighted by Crippen LogP contribution is -2.30. The second kappa shape index (κ2) is 31.7. The van der Waals surface area contributed by atoms with Gasteiger partial charge in [-0.1, -0.05) is 139 Å². The highest BCUT2D eigenvalue weighted by molar-refractivity contribution is 5.90. The van der Waals surface area contributed by atoms with Gasteiger partial charge in [-0.15, -0.1) is 0 Å². The Labute approximate surface area is 740 Å². The van der Waals surface area contributed by atoms with E-state index >= 15 is 0 Å². The van der Waals surface area contributed by atoms with Crippen molar-refractivity contribution in [1.29, 1.82) is 0 Å². The number of hydrogen-bond donors (Lipinski definition) is 0. The largest absolute Gasteiger partial charge is 0.260 e. The fraction of sp³-hybridized carbons (Fsp3) is 0.298. The monoisotopic (exact) mass is 1630 g/mol. The van der Waals surface area contributed by atoms with Crippen molar-refractivity contribution in [1.82, 2.24) is 44.9 Å². The molecule has 15 aromatic rings. The smallest absolute Gasteiger partial charge is 0.212 e. The minimum absolute atomic E-state index is 0.102. The van der Waals surface area contributed by atoms with Gasteiger partial charge >= 0.3 is 0 Å². The van der Waals surface area contributed by atoms with Crippen LogP contribution in [0.15, 0.2) is 250 Å². The van der Waals surface area contributed by atoms with E-state index in [2.05, 4.69) is 225 Å². The van der Waals surface area contributed by atoms with Gasteiger partial charge < -0.3 is 0 Å². The van der Waals surface area contributed by atoms with Crippen LogP contribution in [0.5, 0.6) is 0 Å². The van der Waals surface area contributed by atoms with Crippen molar-refractivity contribution in [3.05, 3.63) is 356 Å². The summed E-state index contributed by atoms with van der Waals surface area (Å²) in [6.45, 7) is 13.6. The number of pyridine rings is 10. The zero-order valence-electron chi connectivity index (χ0n) is 79.2. The second-order valence-corrected chi connectivity index (χ2v) is 36.7. The van der Waals surface area contributed by atoms with E-state index in [9.17, 15) is 0 Å². The number of rotatable bonds is 6. The first kappa shape index (κ1) is 73.2. The van der Waals surface area contributed by atoms with E-state index in [1.54, 1.807) is 18.2 Å². The topological polar surface area (TPSA) is 120 Å². The van der Waals surface area contributed by atoms with Crippen molar-refractivity contribution in [3.8, 4) is 112 Å². The molecule has 0 bridgehead atoms. The molecule has 10 heteroatoms. The number of aromatic nitrogens is 10. The van der Waals surface area contributed by atoms with E-state index in [0.717, 1.165) is 51.6 Å². The Kier molecular flexibility index (Phi) is 18.7. The van der Waals surface area contributed by atoms with Crippen molar-refractivity contribution in [2.45, 2.75) is 212 Å². The van der Waals surface area contributed by atoms with Crippen molar-refractivity contribution in [3.63, 3.8) is 0 Å². The van der Waals surface area contributed by atoms with Gasteiger partial charge in [0.1, 0.15) is 7.05 Å². The fourth-order valence-electron chi connectivity index (χ4n) is 23.1. The third kappa shape index (κ3) is 13.3. The molecule has 5 aromatic carbocycles. The Balaban J connectivity index is 0.000000102. The Hall–Kier alpha value is -12.4. The zero-order chi connectivity index (χ0) is 90.0. The van der Waals surface area contributed by atoms with Gasteiger partial charge in [0.05, 0.1) is 51.2 Å². The summed E-state index contributed by atoms with van der Waals surface area (Å²) in [5.41, 5.74) is 44.2. The zero-order valence-corrected chi connectivity index (χ0v) is 73.2. The highest BCUT2D eigenvalue weighted by Crippen LogP contribution is 2.62. The number of fused-ring (bicyclic) bond motifs is 23. The van der Waals surface area contributed by atoms with Crippen LogP contribution < -0.4 is 4.57 Å². The average Bonchev–Trinajstić information content (AvgIpc) is 1.51. The average molecular weight is 1630 g/mol. The molecule has 616 valence electrons. The summed E-state index contributed by atoms with van der Waals surface area (Å²) < 4.78 is 51.6. The molecule has 0 unspecified atom stereocenters. The molecule has 9 aliphatic carbocycles. The van der Waals surface area contributed by atoms with Crippen molar-refractivity contribution >= 4 is 0 Å². The molecule has 124 heavy (non-hydrogen) atoms. The van der Waals surface area contributed by atoms with Gasteiger partial charge in [0.25, 0.3) is 0 Å². The van der Waals surface area contributed by atoms with Crippen molar-refractivity contribution < 1.29 is 12.8 Å².